The Kier molecular flexibility index (Phi) is 7.82. The van der Waals surface area contributed by atoms with Crippen LogP contribution in [0.1, 0.15) is 28.4 Å². The highest BCUT2D eigenvalue weighted by Crippen LogP contribution is 2.20. The lowest BCUT2D eigenvalue weighted by Crippen LogP contribution is -2.32. The summed E-state index contributed by atoms with van der Waals surface area (Å²) in [6, 6.07) is 22.2. The minimum absolute atomic E-state index is 0.0916. The van der Waals surface area contributed by atoms with Crippen LogP contribution in [-0.4, -0.2) is 29.8 Å². The Morgan fingerprint density at radius 1 is 0.935 bits per heavy atom. The Bertz CT molecular complexity index is 1040. The summed E-state index contributed by atoms with van der Waals surface area (Å²) in [4.78, 5) is 26.9. The summed E-state index contributed by atoms with van der Waals surface area (Å²) >= 11 is 6.03. The average Bonchev–Trinajstić information content (AvgIpc) is 2.77. The van der Waals surface area contributed by atoms with E-state index in [1.807, 2.05) is 67.3 Å². The molecule has 0 aliphatic rings. The predicted molar refractivity (Wildman–Crippen MR) is 127 cm³/mol. The highest BCUT2D eigenvalue weighted by molar-refractivity contribution is 6.31. The SMILES string of the molecule is CCN(CC(=O)Nc1cc(Cl)ccc1C)Cc1ccc(C(=O)Nc2ccccc2)cc1. The molecule has 2 N–H and O–H groups in total. The molecule has 3 aromatic carbocycles. The largest absolute Gasteiger partial charge is 0.325 e. The van der Waals surface area contributed by atoms with E-state index in [-0.39, 0.29) is 18.4 Å². The number of rotatable bonds is 8. The molecule has 0 spiro atoms. The number of carbonyl (C=O) groups excluding carboxylic acids is 2. The van der Waals surface area contributed by atoms with Crippen molar-refractivity contribution in [3.8, 4) is 0 Å². The molecule has 160 valence electrons. The van der Waals surface area contributed by atoms with E-state index in [4.69, 9.17) is 11.6 Å². The number of hydrogen-bond donors (Lipinski definition) is 2. The van der Waals surface area contributed by atoms with Gasteiger partial charge in [0.05, 0.1) is 6.54 Å². The van der Waals surface area contributed by atoms with Gasteiger partial charge in [-0.1, -0.05) is 54.9 Å². The third-order valence-corrected chi connectivity index (χ3v) is 5.18. The van der Waals surface area contributed by atoms with Crippen LogP contribution in [0.4, 0.5) is 11.4 Å². The van der Waals surface area contributed by atoms with Crippen LogP contribution in [0.25, 0.3) is 0 Å². The van der Waals surface area contributed by atoms with Crippen molar-refractivity contribution in [1.82, 2.24) is 4.90 Å². The zero-order valence-electron chi connectivity index (χ0n) is 17.7. The maximum absolute atomic E-state index is 12.5. The Labute approximate surface area is 188 Å². The lowest BCUT2D eigenvalue weighted by molar-refractivity contribution is -0.117. The number of nitrogens with zero attached hydrogens (tertiary/aromatic N) is 1. The van der Waals surface area contributed by atoms with E-state index < -0.39 is 0 Å². The summed E-state index contributed by atoms with van der Waals surface area (Å²) in [6.45, 7) is 5.54. The zero-order valence-corrected chi connectivity index (χ0v) is 18.4. The standard InChI is InChI=1S/C25H26ClN3O2/c1-3-29(17-24(30)28-23-15-21(26)14-9-18(23)2)16-19-10-12-20(13-11-19)25(31)27-22-7-5-4-6-8-22/h4-15H,3,16-17H2,1-2H3,(H,27,31)(H,28,30). The first kappa shape index (κ1) is 22.5. The number of halogens is 1. The molecule has 2 amide bonds. The molecule has 3 rings (SSSR count). The van der Waals surface area contributed by atoms with E-state index >= 15 is 0 Å². The van der Waals surface area contributed by atoms with Gasteiger partial charge in [-0.2, -0.15) is 0 Å². The van der Waals surface area contributed by atoms with Crippen molar-refractivity contribution < 1.29 is 9.59 Å². The second kappa shape index (κ2) is 10.8. The molecule has 31 heavy (non-hydrogen) atoms. The first-order valence-electron chi connectivity index (χ1n) is 10.2. The molecular weight excluding hydrogens is 410 g/mol. The molecule has 0 aromatic heterocycles. The van der Waals surface area contributed by atoms with Gasteiger partial charge in [-0.15, -0.1) is 0 Å². The summed E-state index contributed by atoms with van der Waals surface area (Å²) < 4.78 is 0. The maximum atomic E-state index is 12.5. The summed E-state index contributed by atoms with van der Waals surface area (Å²) in [7, 11) is 0. The number of anilines is 2. The van der Waals surface area contributed by atoms with E-state index in [9.17, 15) is 9.59 Å². The van der Waals surface area contributed by atoms with Crippen LogP contribution in [0, 0.1) is 6.92 Å². The number of carbonyl (C=O) groups is 2. The fourth-order valence-corrected chi connectivity index (χ4v) is 3.32. The Morgan fingerprint density at radius 3 is 2.32 bits per heavy atom. The molecule has 0 heterocycles. The minimum Gasteiger partial charge on any atom is -0.325 e. The zero-order chi connectivity index (χ0) is 22.2. The average molecular weight is 436 g/mol. The second-order valence-corrected chi connectivity index (χ2v) is 7.76. The van der Waals surface area contributed by atoms with Crippen LogP contribution in [0.5, 0.6) is 0 Å². The number of benzene rings is 3. The normalized spacial score (nSPS) is 10.7. The maximum Gasteiger partial charge on any atom is 0.255 e. The van der Waals surface area contributed by atoms with Gasteiger partial charge in [0.1, 0.15) is 0 Å². The molecule has 6 heteroatoms. The smallest absolute Gasteiger partial charge is 0.255 e. The quantitative estimate of drug-likeness (QED) is 0.500. The lowest BCUT2D eigenvalue weighted by Gasteiger charge is -2.20. The van der Waals surface area contributed by atoms with E-state index in [0.717, 1.165) is 29.0 Å². The molecule has 0 saturated heterocycles. The Hall–Kier alpha value is -3.15. The van der Waals surface area contributed by atoms with Crippen molar-refractivity contribution in [2.24, 2.45) is 0 Å². The van der Waals surface area contributed by atoms with Crippen LogP contribution in [0.2, 0.25) is 5.02 Å². The summed E-state index contributed by atoms with van der Waals surface area (Å²) in [5.41, 5.74) is 4.07. The van der Waals surface area contributed by atoms with Gasteiger partial charge in [-0.3, -0.25) is 14.5 Å². The highest BCUT2D eigenvalue weighted by atomic mass is 35.5. The first-order chi connectivity index (χ1) is 14.9. The number of likely N-dealkylation sites (N-methyl/N-ethyl adjacent to an activating group) is 1. The highest BCUT2D eigenvalue weighted by Gasteiger charge is 2.12. The van der Waals surface area contributed by atoms with Crippen LogP contribution in [0.15, 0.2) is 72.8 Å². The third-order valence-electron chi connectivity index (χ3n) is 4.94. The first-order valence-corrected chi connectivity index (χ1v) is 10.6. The van der Waals surface area contributed by atoms with E-state index in [2.05, 4.69) is 10.6 Å². The van der Waals surface area contributed by atoms with Crippen molar-refractivity contribution in [2.75, 3.05) is 23.7 Å². The molecule has 3 aromatic rings. The van der Waals surface area contributed by atoms with Gasteiger partial charge in [-0.25, -0.2) is 0 Å². The van der Waals surface area contributed by atoms with Crippen LogP contribution >= 0.6 is 11.6 Å². The van der Waals surface area contributed by atoms with Crippen LogP contribution < -0.4 is 10.6 Å². The molecule has 0 fully saturated rings. The fraction of sp³-hybridized carbons (Fsp3) is 0.200. The van der Waals surface area contributed by atoms with Crippen molar-refractivity contribution >= 4 is 34.8 Å². The summed E-state index contributed by atoms with van der Waals surface area (Å²) in [5, 5.41) is 6.39. The third kappa shape index (κ3) is 6.67. The number of amides is 2. The summed E-state index contributed by atoms with van der Waals surface area (Å²) in [6.07, 6.45) is 0. The van der Waals surface area contributed by atoms with Crippen molar-refractivity contribution in [2.45, 2.75) is 20.4 Å². The van der Waals surface area contributed by atoms with Crippen molar-refractivity contribution in [3.05, 3.63) is 94.5 Å². The number of para-hydroxylation sites is 1. The molecule has 0 aliphatic heterocycles. The minimum atomic E-state index is -0.152. The number of nitrogens with one attached hydrogen (secondary N) is 2. The molecular formula is C25H26ClN3O2. The van der Waals surface area contributed by atoms with Gasteiger partial charge >= 0.3 is 0 Å². The number of hydrogen-bond acceptors (Lipinski definition) is 3. The Morgan fingerprint density at radius 2 is 1.65 bits per heavy atom. The van der Waals surface area contributed by atoms with Crippen LogP contribution in [-0.2, 0) is 11.3 Å². The number of aryl methyl sites for hydroxylation is 1. The molecule has 0 atom stereocenters. The van der Waals surface area contributed by atoms with Gasteiger partial charge in [0.15, 0.2) is 0 Å². The van der Waals surface area contributed by atoms with E-state index in [1.165, 1.54) is 0 Å². The topological polar surface area (TPSA) is 61.4 Å². The van der Waals surface area contributed by atoms with Crippen molar-refractivity contribution in [3.63, 3.8) is 0 Å². The molecule has 0 saturated carbocycles. The van der Waals surface area contributed by atoms with Crippen molar-refractivity contribution in [1.29, 1.82) is 0 Å². The van der Waals surface area contributed by atoms with Gasteiger partial charge in [0, 0.05) is 28.5 Å². The monoisotopic (exact) mass is 435 g/mol. The van der Waals surface area contributed by atoms with Gasteiger partial charge in [0.2, 0.25) is 5.91 Å². The second-order valence-electron chi connectivity index (χ2n) is 7.33. The molecule has 0 aliphatic carbocycles. The fourth-order valence-electron chi connectivity index (χ4n) is 3.15. The Balaban J connectivity index is 1.56. The van der Waals surface area contributed by atoms with Gasteiger partial charge < -0.3 is 10.6 Å². The summed E-state index contributed by atoms with van der Waals surface area (Å²) in [5.74, 6) is -0.243. The predicted octanol–water partition coefficient (Wildman–Crippen LogP) is 5.36. The van der Waals surface area contributed by atoms with Crippen LogP contribution in [0.3, 0.4) is 0 Å². The van der Waals surface area contributed by atoms with Gasteiger partial charge in [-0.05, 0) is 61.0 Å². The molecule has 0 unspecified atom stereocenters. The van der Waals surface area contributed by atoms with Gasteiger partial charge in [0.25, 0.3) is 5.91 Å². The van der Waals surface area contributed by atoms with E-state index in [0.29, 0.717) is 17.1 Å². The molecule has 0 bridgehead atoms. The van der Waals surface area contributed by atoms with E-state index in [1.54, 1.807) is 24.3 Å². The lowest BCUT2D eigenvalue weighted by atomic mass is 10.1. The molecule has 0 radical (unpaired) electrons. The molecule has 5 nitrogen and oxygen atoms in total.